The van der Waals surface area contributed by atoms with Gasteiger partial charge in [-0.15, -0.1) is 0 Å². The Morgan fingerprint density at radius 2 is 1.63 bits per heavy atom. The third kappa shape index (κ3) is 4.70. The van der Waals surface area contributed by atoms with Crippen molar-refractivity contribution < 1.29 is 18.7 Å². The maximum absolute atomic E-state index is 13.1. The van der Waals surface area contributed by atoms with Crippen LogP contribution in [0, 0.1) is 5.82 Å². The lowest BCUT2D eigenvalue weighted by Gasteiger charge is -2.36. The van der Waals surface area contributed by atoms with E-state index < -0.39 is 0 Å². The van der Waals surface area contributed by atoms with E-state index in [1.54, 1.807) is 26.4 Å². The Balaban J connectivity index is 1.50. The molecule has 0 unspecified atom stereocenters. The molecule has 0 bridgehead atoms. The van der Waals surface area contributed by atoms with Crippen LogP contribution in [0.5, 0.6) is 11.5 Å². The summed E-state index contributed by atoms with van der Waals surface area (Å²) in [7, 11) is 3.21. The predicted octanol–water partition coefficient (Wildman–Crippen LogP) is 3.12. The van der Waals surface area contributed by atoms with Crippen LogP contribution in [-0.2, 0) is 11.2 Å². The van der Waals surface area contributed by atoms with Crippen molar-refractivity contribution in [2.75, 3.05) is 45.3 Å². The third-order valence-electron chi connectivity index (χ3n) is 4.90. The highest BCUT2D eigenvalue weighted by molar-refractivity contribution is 5.77. The number of hydrogen-bond acceptors (Lipinski definition) is 4. The first kappa shape index (κ1) is 19.0. The number of methoxy groups -OCH3 is 2. The van der Waals surface area contributed by atoms with Gasteiger partial charge in [0.1, 0.15) is 5.82 Å². The summed E-state index contributed by atoms with van der Waals surface area (Å²) in [6.07, 6.45) is 1.13. The fourth-order valence-corrected chi connectivity index (χ4v) is 3.31. The number of halogens is 1. The SMILES string of the molecule is COc1ccc(CCC(=O)N2CCN(c3ccc(F)cc3)CC2)cc1OC. The average Bonchev–Trinajstić information content (AvgIpc) is 2.72. The maximum Gasteiger partial charge on any atom is 0.223 e. The lowest BCUT2D eigenvalue weighted by Crippen LogP contribution is -2.48. The number of benzene rings is 2. The maximum atomic E-state index is 13.1. The molecule has 0 atom stereocenters. The largest absolute Gasteiger partial charge is 0.493 e. The van der Waals surface area contributed by atoms with E-state index >= 15 is 0 Å². The highest BCUT2D eigenvalue weighted by Crippen LogP contribution is 2.28. The molecule has 0 N–H and O–H groups in total. The van der Waals surface area contributed by atoms with Crippen LogP contribution in [-0.4, -0.2) is 51.2 Å². The quantitative estimate of drug-likeness (QED) is 0.781. The molecule has 2 aromatic carbocycles. The van der Waals surface area contributed by atoms with Gasteiger partial charge in [-0.05, 0) is 48.4 Å². The minimum Gasteiger partial charge on any atom is -0.493 e. The van der Waals surface area contributed by atoms with E-state index in [1.807, 2.05) is 23.1 Å². The molecule has 0 radical (unpaired) electrons. The van der Waals surface area contributed by atoms with E-state index in [9.17, 15) is 9.18 Å². The minimum atomic E-state index is -0.234. The van der Waals surface area contributed by atoms with Crippen LogP contribution < -0.4 is 14.4 Å². The molecular formula is C21H25FN2O3. The van der Waals surface area contributed by atoms with Gasteiger partial charge >= 0.3 is 0 Å². The fourth-order valence-electron chi connectivity index (χ4n) is 3.31. The summed E-state index contributed by atoms with van der Waals surface area (Å²) in [5, 5.41) is 0. The number of carbonyl (C=O) groups is 1. The van der Waals surface area contributed by atoms with Crippen LogP contribution in [0.1, 0.15) is 12.0 Å². The van der Waals surface area contributed by atoms with Gasteiger partial charge in [0.15, 0.2) is 11.5 Å². The van der Waals surface area contributed by atoms with E-state index in [0.717, 1.165) is 24.3 Å². The van der Waals surface area contributed by atoms with Crippen molar-refractivity contribution in [3.63, 3.8) is 0 Å². The second kappa shape index (κ2) is 8.75. The van der Waals surface area contributed by atoms with Gasteiger partial charge in [-0.2, -0.15) is 0 Å². The van der Waals surface area contributed by atoms with Gasteiger partial charge in [0, 0.05) is 38.3 Å². The Morgan fingerprint density at radius 3 is 2.26 bits per heavy atom. The van der Waals surface area contributed by atoms with E-state index in [2.05, 4.69) is 4.90 Å². The van der Waals surface area contributed by atoms with E-state index in [1.165, 1.54) is 12.1 Å². The summed E-state index contributed by atoms with van der Waals surface area (Å²) in [6, 6.07) is 12.2. The van der Waals surface area contributed by atoms with Crippen LogP contribution >= 0.6 is 0 Å². The third-order valence-corrected chi connectivity index (χ3v) is 4.90. The molecule has 0 aromatic heterocycles. The Kier molecular flexibility index (Phi) is 6.16. The zero-order valence-electron chi connectivity index (χ0n) is 15.8. The smallest absolute Gasteiger partial charge is 0.223 e. The Labute approximate surface area is 159 Å². The molecule has 1 amide bonds. The Hall–Kier alpha value is -2.76. The summed E-state index contributed by atoms with van der Waals surface area (Å²) in [6.45, 7) is 2.88. The molecule has 5 nitrogen and oxygen atoms in total. The molecule has 0 saturated carbocycles. The van der Waals surface area contributed by atoms with Gasteiger partial charge in [-0.3, -0.25) is 4.79 Å². The molecule has 6 heteroatoms. The summed E-state index contributed by atoms with van der Waals surface area (Å²) in [5.74, 6) is 1.28. The first-order valence-electron chi connectivity index (χ1n) is 9.10. The van der Waals surface area contributed by atoms with Gasteiger partial charge in [0.25, 0.3) is 0 Å². The second-order valence-corrected chi connectivity index (χ2v) is 6.53. The molecule has 0 aliphatic carbocycles. The van der Waals surface area contributed by atoms with Crippen LogP contribution in [0.25, 0.3) is 0 Å². The lowest BCUT2D eigenvalue weighted by atomic mass is 10.1. The monoisotopic (exact) mass is 372 g/mol. The van der Waals surface area contributed by atoms with Crippen LogP contribution in [0.4, 0.5) is 10.1 Å². The van der Waals surface area contributed by atoms with Crippen LogP contribution in [0.2, 0.25) is 0 Å². The zero-order valence-corrected chi connectivity index (χ0v) is 15.8. The van der Waals surface area contributed by atoms with Gasteiger partial charge in [-0.1, -0.05) is 6.07 Å². The summed E-state index contributed by atoms with van der Waals surface area (Å²) >= 11 is 0. The molecule has 1 heterocycles. The number of anilines is 1. The van der Waals surface area contributed by atoms with E-state index in [-0.39, 0.29) is 11.7 Å². The molecule has 1 fully saturated rings. The number of carbonyl (C=O) groups excluding carboxylic acids is 1. The van der Waals surface area contributed by atoms with E-state index in [4.69, 9.17) is 9.47 Å². The molecule has 1 aliphatic heterocycles. The zero-order chi connectivity index (χ0) is 19.2. The highest BCUT2D eigenvalue weighted by Gasteiger charge is 2.21. The molecule has 1 saturated heterocycles. The normalized spacial score (nSPS) is 14.2. The number of hydrogen-bond donors (Lipinski definition) is 0. The number of piperazine rings is 1. The Bertz CT molecular complexity index is 771. The number of aryl methyl sites for hydroxylation is 1. The molecule has 1 aliphatic rings. The molecule has 3 rings (SSSR count). The van der Waals surface area contributed by atoms with Crippen molar-refractivity contribution in [3.8, 4) is 11.5 Å². The molecule has 0 spiro atoms. The predicted molar refractivity (Wildman–Crippen MR) is 103 cm³/mol. The number of rotatable bonds is 6. The van der Waals surface area contributed by atoms with Crippen molar-refractivity contribution in [2.45, 2.75) is 12.8 Å². The van der Waals surface area contributed by atoms with Crippen LogP contribution in [0.3, 0.4) is 0 Å². The fraction of sp³-hybridized carbons (Fsp3) is 0.381. The molecule has 144 valence electrons. The van der Waals surface area contributed by atoms with Crippen molar-refractivity contribution in [3.05, 3.63) is 53.8 Å². The number of nitrogens with zero attached hydrogens (tertiary/aromatic N) is 2. The van der Waals surface area contributed by atoms with E-state index in [0.29, 0.717) is 37.4 Å². The topological polar surface area (TPSA) is 42.0 Å². The first-order chi connectivity index (χ1) is 13.1. The van der Waals surface area contributed by atoms with Crippen molar-refractivity contribution in [1.82, 2.24) is 4.90 Å². The minimum absolute atomic E-state index is 0.156. The van der Waals surface area contributed by atoms with Gasteiger partial charge in [0.2, 0.25) is 5.91 Å². The molecular weight excluding hydrogens is 347 g/mol. The lowest BCUT2D eigenvalue weighted by molar-refractivity contribution is -0.131. The molecule has 2 aromatic rings. The summed E-state index contributed by atoms with van der Waals surface area (Å²) < 4.78 is 23.6. The summed E-state index contributed by atoms with van der Waals surface area (Å²) in [4.78, 5) is 16.6. The summed E-state index contributed by atoms with van der Waals surface area (Å²) in [5.41, 5.74) is 2.04. The van der Waals surface area contributed by atoms with Crippen LogP contribution in [0.15, 0.2) is 42.5 Å². The van der Waals surface area contributed by atoms with Crippen molar-refractivity contribution >= 4 is 11.6 Å². The first-order valence-corrected chi connectivity index (χ1v) is 9.10. The van der Waals surface area contributed by atoms with Gasteiger partial charge < -0.3 is 19.3 Å². The standard InChI is InChI=1S/C21H25FN2O3/c1-26-19-9-3-16(15-20(19)27-2)4-10-21(25)24-13-11-23(12-14-24)18-7-5-17(22)6-8-18/h3,5-9,15H,4,10-14H2,1-2H3. The van der Waals surface area contributed by atoms with Gasteiger partial charge in [0.05, 0.1) is 14.2 Å². The van der Waals surface area contributed by atoms with Gasteiger partial charge in [-0.25, -0.2) is 4.39 Å². The number of amides is 1. The highest BCUT2D eigenvalue weighted by atomic mass is 19.1. The Morgan fingerprint density at radius 1 is 0.963 bits per heavy atom. The average molecular weight is 372 g/mol. The van der Waals surface area contributed by atoms with Crippen molar-refractivity contribution in [1.29, 1.82) is 0 Å². The van der Waals surface area contributed by atoms with Crippen molar-refractivity contribution in [2.24, 2.45) is 0 Å². The molecule has 27 heavy (non-hydrogen) atoms. The number of ether oxygens (including phenoxy) is 2. The second-order valence-electron chi connectivity index (χ2n) is 6.53.